The summed E-state index contributed by atoms with van der Waals surface area (Å²) in [5.74, 6) is 0.991. The van der Waals surface area contributed by atoms with Crippen LogP contribution in [-0.4, -0.2) is 19.6 Å². The van der Waals surface area contributed by atoms with Crippen LogP contribution in [0.3, 0.4) is 0 Å². The predicted octanol–water partition coefficient (Wildman–Crippen LogP) is 5.33. The van der Waals surface area contributed by atoms with E-state index in [1.807, 2.05) is 48.5 Å². The molecule has 0 unspecified atom stereocenters. The number of hydrogen-bond donors (Lipinski definition) is 1. The second kappa shape index (κ2) is 9.24. The fourth-order valence-corrected chi connectivity index (χ4v) is 3.01. The minimum atomic E-state index is -0.241. The van der Waals surface area contributed by atoms with Crippen molar-refractivity contribution in [2.24, 2.45) is 0 Å². The molecule has 0 atom stereocenters. The van der Waals surface area contributed by atoms with Crippen molar-refractivity contribution in [1.29, 1.82) is 0 Å². The molecule has 3 aromatic rings. The summed E-state index contributed by atoms with van der Waals surface area (Å²) in [4.78, 5) is 12.6. The molecule has 0 saturated carbocycles. The number of halogens is 1. The lowest BCUT2D eigenvalue weighted by Gasteiger charge is -2.11. The molecule has 0 bridgehead atoms. The molecule has 0 spiro atoms. The summed E-state index contributed by atoms with van der Waals surface area (Å²) in [6, 6.07) is 22.9. The predicted molar refractivity (Wildman–Crippen MR) is 111 cm³/mol. The van der Waals surface area contributed by atoms with Gasteiger partial charge in [-0.15, -0.1) is 0 Å². The van der Waals surface area contributed by atoms with E-state index >= 15 is 0 Å². The number of rotatable bonds is 7. The summed E-state index contributed by atoms with van der Waals surface area (Å²) in [6.45, 7) is 0.570. The molecule has 0 aromatic heterocycles. The number of nitrogens with one attached hydrogen (secondary N) is 1. The van der Waals surface area contributed by atoms with Crippen LogP contribution in [0.1, 0.15) is 15.9 Å². The van der Waals surface area contributed by atoms with Gasteiger partial charge in [0.15, 0.2) is 0 Å². The molecular weight excluding hydrogens is 406 g/mol. The molecule has 0 aliphatic carbocycles. The molecule has 1 N–H and O–H groups in total. The highest BCUT2D eigenvalue weighted by Gasteiger charge is 2.13. The van der Waals surface area contributed by atoms with Crippen molar-refractivity contribution in [3.05, 3.63) is 88.4 Å². The Balaban J connectivity index is 1.63. The van der Waals surface area contributed by atoms with Gasteiger partial charge in [0, 0.05) is 22.6 Å². The van der Waals surface area contributed by atoms with Gasteiger partial charge >= 0.3 is 0 Å². The first kappa shape index (κ1) is 19.0. The molecule has 0 fully saturated rings. The van der Waals surface area contributed by atoms with Gasteiger partial charge in [0.1, 0.15) is 11.5 Å². The number of methoxy groups -OCH3 is 1. The van der Waals surface area contributed by atoms with Gasteiger partial charge in [-0.1, -0.05) is 52.3 Å². The number of anilines is 1. The summed E-state index contributed by atoms with van der Waals surface area (Å²) < 4.78 is 11.9. The van der Waals surface area contributed by atoms with Crippen LogP contribution in [0.4, 0.5) is 5.69 Å². The summed E-state index contributed by atoms with van der Waals surface area (Å²) >= 11 is 3.38. The van der Waals surface area contributed by atoms with Crippen LogP contribution in [0, 0.1) is 0 Å². The Kier molecular flexibility index (Phi) is 6.49. The van der Waals surface area contributed by atoms with Crippen molar-refractivity contribution in [1.82, 2.24) is 0 Å². The molecule has 0 saturated heterocycles. The van der Waals surface area contributed by atoms with E-state index in [2.05, 4.69) is 33.4 Å². The minimum Gasteiger partial charge on any atom is -0.496 e. The SMILES string of the molecule is COc1ccc(Br)cc1C(=O)Nc1cccc(OCCc2ccccc2)c1. The summed E-state index contributed by atoms with van der Waals surface area (Å²) in [7, 11) is 1.54. The van der Waals surface area contributed by atoms with E-state index < -0.39 is 0 Å². The van der Waals surface area contributed by atoms with Gasteiger partial charge in [0.05, 0.1) is 19.3 Å². The van der Waals surface area contributed by atoms with Crippen molar-refractivity contribution >= 4 is 27.5 Å². The molecule has 0 aliphatic heterocycles. The molecule has 5 heteroatoms. The smallest absolute Gasteiger partial charge is 0.259 e. The topological polar surface area (TPSA) is 47.6 Å². The second-order valence-electron chi connectivity index (χ2n) is 5.91. The van der Waals surface area contributed by atoms with Crippen molar-refractivity contribution in [2.45, 2.75) is 6.42 Å². The van der Waals surface area contributed by atoms with Crippen molar-refractivity contribution in [2.75, 3.05) is 19.0 Å². The van der Waals surface area contributed by atoms with Crippen LogP contribution in [0.2, 0.25) is 0 Å². The minimum absolute atomic E-state index is 0.241. The first-order chi connectivity index (χ1) is 13.2. The molecule has 3 aromatic carbocycles. The van der Waals surface area contributed by atoms with Crippen LogP contribution in [0.15, 0.2) is 77.3 Å². The van der Waals surface area contributed by atoms with Crippen LogP contribution in [0.25, 0.3) is 0 Å². The Morgan fingerprint density at radius 3 is 2.59 bits per heavy atom. The van der Waals surface area contributed by atoms with Crippen LogP contribution >= 0.6 is 15.9 Å². The van der Waals surface area contributed by atoms with Gasteiger partial charge in [-0.2, -0.15) is 0 Å². The number of benzene rings is 3. The zero-order valence-electron chi connectivity index (χ0n) is 14.9. The zero-order chi connectivity index (χ0) is 19.1. The molecule has 0 radical (unpaired) electrons. The number of ether oxygens (including phenoxy) is 2. The molecule has 4 nitrogen and oxygen atoms in total. The summed E-state index contributed by atoms with van der Waals surface area (Å²) in [5.41, 5.74) is 2.35. The van der Waals surface area contributed by atoms with E-state index in [4.69, 9.17) is 9.47 Å². The van der Waals surface area contributed by atoms with Crippen LogP contribution in [-0.2, 0) is 6.42 Å². The van der Waals surface area contributed by atoms with Gasteiger partial charge in [0.25, 0.3) is 5.91 Å². The Hall–Kier alpha value is -2.79. The fraction of sp³-hybridized carbons (Fsp3) is 0.136. The van der Waals surface area contributed by atoms with E-state index in [0.717, 1.165) is 10.9 Å². The lowest BCUT2D eigenvalue weighted by Crippen LogP contribution is -2.13. The monoisotopic (exact) mass is 425 g/mol. The molecule has 3 rings (SSSR count). The average Bonchev–Trinajstić information content (AvgIpc) is 2.69. The second-order valence-corrected chi connectivity index (χ2v) is 6.83. The van der Waals surface area contributed by atoms with E-state index in [1.54, 1.807) is 19.2 Å². The highest BCUT2D eigenvalue weighted by atomic mass is 79.9. The molecule has 1 amide bonds. The lowest BCUT2D eigenvalue weighted by molar-refractivity contribution is 0.102. The largest absolute Gasteiger partial charge is 0.496 e. The van der Waals surface area contributed by atoms with Crippen molar-refractivity contribution in [3.63, 3.8) is 0 Å². The first-order valence-electron chi connectivity index (χ1n) is 8.57. The van der Waals surface area contributed by atoms with Crippen LogP contribution in [0.5, 0.6) is 11.5 Å². The Morgan fingerprint density at radius 2 is 1.81 bits per heavy atom. The third kappa shape index (κ3) is 5.34. The highest BCUT2D eigenvalue weighted by molar-refractivity contribution is 9.10. The molecular formula is C22H20BrNO3. The first-order valence-corrected chi connectivity index (χ1v) is 9.36. The van der Waals surface area contributed by atoms with E-state index in [1.165, 1.54) is 5.56 Å². The van der Waals surface area contributed by atoms with Gasteiger partial charge in [-0.3, -0.25) is 4.79 Å². The molecule has 0 aliphatic rings. The van der Waals surface area contributed by atoms with E-state index in [0.29, 0.717) is 29.4 Å². The van der Waals surface area contributed by atoms with E-state index in [-0.39, 0.29) is 5.91 Å². The maximum Gasteiger partial charge on any atom is 0.259 e. The van der Waals surface area contributed by atoms with Crippen LogP contribution < -0.4 is 14.8 Å². The summed E-state index contributed by atoms with van der Waals surface area (Å²) in [5, 5.41) is 2.89. The highest BCUT2D eigenvalue weighted by Crippen LogP contribution is 2.25. The Bertz CT molecular complexity index is 912. The number of amides is 1. The van der Waals surface area contributed by atoms with Gasteiger partial charge in [0.2, 0.25) is 0 Å². The lowest BCUT2D eigenvalue weighted by atomic mass is 10.1. The Labute approximate surface area is 167 Å². The maximum atomic E-state index is 12.6. The normalized spacial score (nSPS) is 10.3. The fourth-order valence-electron chi connectivity index (χ4n) is 2.65. The Morgan fingerprint density at radius 1 is 1.00 bits per heavy atom. The number of hydrogen-bond acceptors (Lipinski definition) is 3. The van der Waals surface area contributed by atoms with E-state index in [9.17, 15) is 4.79 Å². The average molecular weight is 426 g/mol. The number of carbonyl (C=O) groups is 1. The third-order valence-electron chi connectivity index (χ3n) is 4.00. The third-order valence-corrected chi connectivity index (χ3v) is 4.49. The number of carbonyl (C=O) groups excluding carboxylic acids is 1. The van der Waals surface area contributed by atoms with Gasteiger partial charge in [-0.05, 0) is 35.9 Å². The quantitative estimate of drug-likeness (QED) is 0.556. The standard InChI is InChI=1S/C22H20BrNO3/c1-26-21-11-10-17(23)14-20(21)22(25)24-18-8-5-9-19(15-18)27-13-12-16-6-3-2-4-7-16/h2-11,14-15H,12-13H2,1H3,(H,24,25). The molecule has 0 heterocycles. The maximum absolute atomic E-state index is 12.6. The van der Waals surface area contributed by atoms with Crippen molar-refractivity contribution < 1.29 is 14.3 Å². The van der Waals surface area contributed by atoms with Crippen molar-refractivity contribution in [3.8, 4) is 11.5 Å². The summed E-state index contributed by atoms with van der Waals surface area (Å²) in [6.07, 6.45) is 0.826. The molecule has 138 valence electrons. The van der Waals surface area contributed by atoms with Gasteiger partial charge in [-0.25, -0.2) is 0 Å². The van der Waals surface area contributed by atoms with Gasteiger partial charge < -0.3 is 14.8 Å². The zero-order valence-corrected chi connectivity index (χ0v) is 16.5. The molecule has 27 heavy (non-hydrogen) atoms.